The van der Waals surface area contributed by atoms with E-state index in [2.05, 4.69) is 97.7 Å². The van der Waals surface area contributed by atoms with E-state index in [4.69, 9.17) is 18.9 Å². The van der Waals surface area contributed by atoms with E-state index >= 15 is 0 Å². The third kappa shape index (κ3) is 16.3. The first-order chi connectivity index (χ1) is 53.5. The smallest absolute Gasteiger partial charge is 0.323 e. The van der Waals surface area contributed by atoms with Crippen molar-refractivity contribution in [2.45, 2.75) is 36.3 Å². The molecule has 0 bridgehead atoms. The number of nitrogens with zero attached hydrogens (tertiary/aromatic N) is 12. The van der Waals surface area contributed by atoms with Crippen molar-refractivity contribution >= 4 is 93.7 Å². The number of pyridine rings is 1. The monoisotopic (exact) mass is 1550 g/mol. The molecule has 111 heavy (non-hydrogen) atoms. The molecule has 9 aliphatic rings. The number of imide groups is 3. The average Bonchev–Trinajstić information content (AvgIpc) is 1.63. The Morgan fingerprint density at radius 3 is 1.16 bits per heavy atom. The van der Waals surface area contributed by atoms with Crippen LogP contribution in [0, 0.1) is 35.5 Å². The molecule has 0 radical (unpaired) electrons. The fourth-order valence-electron chi connectivity index (χ4n) is 13.6. The molecule has 3 aromatic carbocycles. The maximum atomic E-state index is 13.1. The Morgan fingerprint density at radius 1 is 0.468 bits per heavy atom. The zero-order valence-electron chi connectivity index (χ0n) is 60.8. The molecular weight excluding hydrogens is 1470 g/mol. The fourth-order valence-corrected chi connectivity index (χ4v) is 15.4. The molecular formula is C75H76N18O16S2. The summed E-state index contributed by atoms with van der Waals surface area (Å²) in [7, 11) is 8.65. The highest BCUT2D eigenvalue weighted by atomic mass is 32.1. The Morgan fingerprint density at radius 2 is 0.829 bits per heavy atom. The zero-order chi connectivity index (χ0) is 78.3. The summed E-state index contributed by atoms with van der Waals surface area (Å²) in [6.07, 6.45) is 1.51. The van der Waals surface area contributed by atoms with E-state index in [1.54, 1.807) is 78.9 Å². The van der Waals surface area contributed by atoms with Crippen LogP contribution in [0.4, 0.5) is 14.4 Å². The van der Waals surface area contributed by atoms with Gasteiger partial charge in [-0.15, -0.1) is 22.7 Å². The summed E-state index contributed by atoms with van der Waals surface area (Å²) in [5.74, 6) is 17.8. The van der Waals surface area contributed by atoms with Crippen molar-refractivity contribution in [1.29, 1.82) is 0 Å². The van der Waals surface area contributed by atoms with Gasteiger partial charge in [0.05, 0.1) is 73.7 Å². The molecule has 12 amide bonds. The highest BCUT2D eigenvalue weighted by molar-refractivity contribution is 7.15. The molecule has 34 nitrogen and oxygen atoms in total. The van der Waals surface area contributed by atoms with Crippen molar-refractivity contribution < 1.29 is 77.7 Å². The number of rotatable bonds is 12. The summed E-state index contributed by atoms with van der Waals surface area (Å²) in [4.78, 5) is 136. The lowest BCUT2D eigenvalue weighted by Crippen LogP contribution is -2.54. The molecule has 36 heteroatoms. The van der Waals surface area contributed by atoms with Gasteiger partial charge in [-0.2, -0.15) is 0 Å². The molecule has 3 atom stereocenters. The molecule has 0 unspecified atom stereocenters. The van der Waals surface area contributed by atoms with Gasteiger partial charge < -0.3 is 89.7 Å². The van der Waals surface area contributed by atoms with E-state index in [0.717, 1.165) is 60.8 Å². The first kappa shape index (κ1) is 76.4. The first-order valence-electron chi connectivity index (χ1n) is 35.0. The van der Waals surface area contributed by atoms with Crippen LogP contribution in [0.15, 0.2) is 113 Å². The van der Waals surface area contributed by atoms with Gasteiger partial charge in [-0.25, -0.2) is 14.4 Å². The molecule has 574 valence electrons. The number of piperazine rings is 2. The standard InChI is InChI=1S/C26H27N7O5.C25H26N6O5S.C24H23N5O6S/c1-31-9-11-32(12-10-31)22(30-37)21-6-3-17(14-27-21)7-8-26(24(35)28-25(36)29-26)16-33-15-18-4-5-19(38-2)13-20(18)23(33)34;1-29-9-11-30(12-10-29)21(28-35)20-6-5-18(37-20)7-8-25(23(33)26-24(34)27-25)15-31-14-16-3-4-17(36-2)13-19(16)22(31)32;1-34-16-3-2-15-13-29(21(30)18(15)12-16)14-24(22(31)25-23(32)26-24)7-6-17-4-5-19(36-17)20(27-33)28-8-10-35-11-9-28/h3-6,13-14,37H,9-12,15-16H2,1-2H3,(H2,28,29,35,36);3-6,13,35H,9-12,14-15H2,1-2H3,(H2,26,27,33,34);2-5,12,33H,8-11,13-14H2,1H3,(H2,25,26,31,32)/t26-;25-;24-/m111/s1. The van der Waals surface area contributed by atoms with Gasteiger partial charge in [0.1, 0.15) is 22.9 Å². The average molecular weight is 1550 g/mol. The van der Waals surface area contributed by atoms with Crippen molar-refractivity contribution in [3.63, 3.8) is 0 Å². The van der Waals surface area contributed by atoms with Gasteiger partial charge in [-0.3, -0.25) is 49.7 Å². The number of urea groups is 3. The zero-order valence-corrected chi connectivity index (χ0v) is 62.4. The minimum absolute atomic E-state index is 0.115. The molecule has 0 saturated carbocycles. The first-order valence-corrected chi connectivity index (χ1v) is 36.6. The predicted molar refractivity (Wildman–Crippen MR) is 400 cm³/mol. The number of nitrogens with one attached hydrogen (secondary N) is 6. The molecule has 9 aliphatic heterocycles. The second-order valence-electron chi connectivity index (χ2n) is 27.0. The van der Waals surface area contributed by atoms with Gasteiger partial charge in [-0.1, -0.05) is 69.2 Å². The van der Waals surface area contributed by atoms with E-state index in [-0.39, 0.29) is 57.0 Å². The summed E-state index contributed by atoms with van der Waals surface area (Å²) >= 11 is 2.62. The summed E-state index contributed by atoms with van der Waals surface area (Å²) in [5, 5.41) is 53.8. The lowest BCUT2D eigenvalue weighted by atomic mass is 9.99. The van der Waals surface area contributed by atoms with Gasteiger partial charge in [0.25, 0.3) is 35.4 Å². The van der Waals surface area contributed by atoms with Crippen LogP contribution >= 0.6 is 22.7 Å². The normalized spacial score (nSPS) is 21.7. The van der Waals surface area contributed by atoms with E-state index in [0.29, 0.717) is 117 Å². The minimum Gasteiger partial charge on any atom is -0.497 e. The molecule has 15 rings (SSSR count). The number of carbonyl (C=O) groups excluding carboxylic acids is 9. The van der Waals surface area contributed by atoms with Crippen molar-refractivity contribution in [2.24, 2.45) is 15.5 Å². The lowest BCUT2D eigenvalue weighted by molar-refractivity contribution is -0.123. The highest BCUT2D eigenvalue weighted by Crippen LogP contribution is 2.33. The van der Waals surface area contributed by atoms with Crippen LogP contribution < -0.4 is 46.1 Å². The quantitative estimate of drug-likeness (QED) is 0.0210. The number of oxime groups is 3. The largest absolute Gasteiger partial charge is 0.497 e. The van der Waals surface area contributed by atoms with Crippen LogP contribution in [0.25, 0.3) is 0 Å². The van der Waals surface area contributed by atoms with Crippen molar-refractivity contribution in [3.8, 4) is 52.8 Å². The van der Waals surface area contributed by atoms with E-state index < -0.39 is 52.4 Å². The van der Waals surface area contributed by atoms with Crippen LogP contribution in [-0.4, -0.2) is 281 Å². The molecule has 6 aromatic rings. The number of thiophene rings is 2. The second-order valence-corrected chi connectivity index (χ2v) is 29.1. The number of amidine groups is 3. The number of hydrogen-bond acceptors (Lipinski definition) is 24. The number of hydrogen-bond donors (Lipinski definition) is 9. The van der Waals surface area contributed by atoms with Crippen LogP contribution in [0.2, 0.25) is 0 Å². The Hall–Kier alpha value is -12.8. The maximum Gasteiger partial charge on any atom is 0.323 e. The number of carbonyl (C=O) groups is 9. The predicted octanol–water partition coefficient (Wildman–Crippen LogP) is 1.60. The number of aromatic nitrogens is 1. The molecule has 6 saturated heterocycles. The Bertz CT molecular complexity index is 5030. The number of morpholine rings is 1. The van der Waals surface area contributed by atoms with Gasteiger partial charge >= 0.3 is 18.1 Å². The summed E-state index contributed by atoms with van der Waals surface area (Å²) in [5.41, 5.74) is 0.00270. The summed E-state index contributed by atoms with van der Waals surface area (Å²) in [6.45, 7) is 9.07. The topological polar surface area (TPSA) is 399 Å². The highest BCUT2D eigenvalue weighted by Gasteiger charge is 2.51. The number of amides is 12. The van der Waals surface area contributed by atoms with Crippen LogP contribution in [0.1, 0.15) is 78.5 Å². The van der Waals surface area contributed by atoms with Crippen LogP contribution in [-0.2, 0) is 38.8 Å². The van der Waals surface area contributed by atoms with E-state index in [1.807, 2.05) is 40.9 Å². The van der Waals surface area contributed by atoms with Gasteiger partial charge in [-0.05, 0) is 104 Å². The number of benzene rings is 3. The number of methoxy groups -OCH3 is 3. The fraction of sp³-hybridized carbons (Fsp3) is 0.347. The van der Waals surface area contributed by atoms with Gasteiger partial charge in [0, 0.05) is 114 Å². The van der Waals surface area contributed by atoms with Crippen molar-refractivity contribution in [3.05, 3.63) is 161 Å². The Balaban J connectivity index is 0.000000146. The minimum atomic E-state index is -1.63. The molecule has 0 aliphatic carbocycles. The summed E-state index contributed by atoms with van der Waals surface area (Å²) in [6, 6.07) is 24.2. The van der Waals surface area contributed by atoms with Gasteiger partial charge in [0.2, 0.25) is 16.6 Å². The Kier molecular flexibility index (Phi) is 22.4. The number of likely N-dealkylation sites (N-methyl/N-ethyl adjacent to an activating group) is 2. The van der Waals surface area contributed by atoms with Crippen LogP contribution in [0.3, 0.4) is 0 Å². The lowest BCUT2D eigenvalue weighted by Gasteiger charge is -2.33. The van der Waals surface area contributed by atoms with E-state index in [9.17, 15) is 58.8 Å². The molecule has 6 fully saturated rings. The molecule has 3 aromatic heterocycles. The van der Waals surface area contributed by atoms with Crippen molar-refractivity contribution in [2.75, 3.05) is 134 Å². The van der Waals surface area contributed by atoms with Crippen LogP contribution in [0.5, 0.6) is 17.2 Å². The van der Waals surface area contributed by atoms with E-state index in [1.165, 1.54) is 64.9 Å². The third-order valence-corrected chi connectivity index (χ3v) is 21.8. The maximum absolute atomic E-state index is 13.1. The number of ether oxygens (including phenoxy) is 4. The molecule has 12 heterocycles. The third-order valence-electron chi connectivity index (χ3n) is 19.8. The Labute approximate surface area is 643 Å². The SMILES string of the molecule is COc1ccc2c(c1)C(=O)N(C[C@@]1(C#Cc3ccc(C(=NO)N4CCN(C)CC4)nc3)NC(=O)NC1=O)C2.COc1ccc2c(c1)C(=O)N(C[C@@]1(C#Cc3ccc(C(=NO)N4CCN(C)CC4)s3)NC(=O)NC1=O)C2.COc1ccc2c(c1)C(=O)N(C[C@@]1(C#Cc3ccc(C(=NO)N4CCOCC4)s3)NC(=O)NC1=O)C2. The number of fused-ring (bicyclic) bond motifs is 3. The second kappa shape index (κ2) is 32.6. The molecule has 0 spiro atoms. The van der Waals surface area contributed by atoms with Crippen molar-refractivity contribution in [1.82, 2.24) is 76.1 Å². The summed E-state index contributed by atoms with van der Waals surface area (Å²) < 4.78 is 21.0. The van der Waals surface area contributed by atoms with Gasteiger partial charge in [0.15, 0.2) is 17.5 Å². The molecule has 9 N–H and O–H groups in total.